The van der Waals surface area contributed by atoms with Crippen molar-refractivity contribution < 1.29 is 9.31 Å². The van der Waals surface area contributed by atoms with Gasteiger partial charge in [0.05, 0.1) is 5.56 Å². The zero-order valence-electron chi connectivity index (χ0n) is 13.1. The number of nitrogens with zero attached hydrogens (tertiary/aromatic N) is 1. The zero-order valence-corrected chi connectivity index (χ0v) is 13.1. The van der Waals surface area contributed by atoms with E-state index >= 15 is 0 Å². The normalized spacial score (nSPS) is 13.4. The molecule has 1 aliphatic heterocycles. The molecule has 3 aromatic rings. The molecule has 0 unspecified atom stereocenters. The summed E-state index contributed by atoms with van der Waals surface area (Å²) in [6.07, 6.45) is 0. The minimum Gasteiger partial charge on any atom is -0.435 e. The van der Waals surface area contributed by atoms with Gasteiger partial charge in [-0.1, -0.05) is 48.5 Å². The second-order valence-corrected chi connectivity index (χ2v) is 5.70. The van der Waals surface area contributed by atoms with Gasteiger partial charge in [-0.2, -0.15) is 4.58 Å². The van der Waals surface area contributed by atoms with E-state index < -0.39 is 0 Å². The molecule has 0 saturated heterocycles. The third-order valence-corrected chi connectivity index (χ3v) is 4.19. The van der Waals surface area contributed by atoms with Gasteiger partial charge in [-0.25, -0.2) is 0 Å². The lowest BCUT2D eigenvalue weighted by atomic mass is 9.97. The summed E-state index contributed by atoms with van der Waals surface area (Å²) in [5.41, 5.74) is 5.85. The van der Waals surface area contributed by atoms with Gasteiger partial charge in [0.2, 0.25) is 11.4 Å². The predicted octanol–water partition coefficient (Wildman–Crippen LogP) is 4.53. The number of fused-ring (bicyclic) bond motifs is 1. The first kappa shape index (κ1) is 13.8. The van der Waals surface area contributed by atoms with Gasteiger partial charge in [0.15, 0.2) is 0 Å². The highest BCUT2D eigenvalue weighted by Crippen LogP contribution is 2.31. The second kappa shape index (κ2) is 5.73. The standard InChI is InChI=1S/C21H18NO/c1-16-9-8-14-19-20(17-10-4-2-5-11-17)22(15-23-21(16)19)18-12-6-3-7-13-18/h2-14H,15H2,1H3/q+1. The van der Waals surface area contributed by atoms with Gasteiger partial charge in [0.1, 0.15) is 5.75 Å². The first-order valence-electron chi connectivity index (χ1n) is 7.82. The highest BCUT2D eigenvalue weighted by molar-refractivity contribution is 6.12. The number of benzene rings is 3. The average Bonchev–Trinajstić information content (AvgIpc) is 2.62. The molecule has 0 saturated carbocycles. The van der Waals surface area contributed by atoms with Crippen LogP contribution in [0.3, 0.4) is 0 Å². The van der Waals surface area contributed by atoms with Crippen LogP contribution in [0.25, 0.3) is 0 Å². The quantitative estimate of drug-likeness (QED) is 0.633. The summed E-state index contributed by atoms with van der Waals surface area (Å²) in [5.74, 6) is 0.985. The lowest BCUT2D eigenvalue weighted by molar-refractivity contribution is -0.480. The molecule has 0 bridgehead atoms. The van der Waals surface area contributed by atoms with Crippen LogP contribution in [0.5, 0.6) is 5.75 Å². The van der Waals surface area contributed by atoms with Gasteiger partial charge >= 0.3 is 0 Å². The summed E-state index contributed by atoms with van der Waals surface area (Å²) in [5, 5.41) is 0. The average molecular weight is 300 g/mol. The Morgan fingerprint density at radius 3 is 2.22 bits per heavy atom. The van der Waals surface area contributed by atoms with Gasteiger partial charge in [-0.15, -0.1) is 0 Å². The number of aryl methyl sites for hydroxylation is 1. The summed E-state index contributed by atoms with van der Waals surface area (Å²) >= 11 is 0. The molecule has 0 amide bonds. The lowest BCUT2D eigenvalue weighted by Crippen LogP contribution is -2.29. The number of hydrogen-bond donors (Lipinski definition) is 0. The fourth-order valence-electron chi connectivity index (χ4n) is 3.09. The van der Waals surface area contributed by atoms with Crippen molar-refractivity contribution in [3.63, 3.8) is 0 Å². The van der Waals surface area contributed by atoms with Crippen LogP contribution >= 0.6 is 0 Å². The summed E-state index contributed by atoms with van der Waals surface area (Å²) in [6.45, 7) is 2.62. The molecule has 0 spiro atoms. The van der Waals surface area contributed by atoms with Crippen molar-refractivity contribution in [1.29, 1.82) is 0 Å². The van der Waals surface area contributed by atoms with Crippen LogP contribution in [-0.2, 0) is 0 Å². The van der Waals surface area contributed by atoms with Crippen LogP contribution in [0.1, 0.15) is 16.7 Å². The topological polar surface area (TPSA) is 12.2 Å². The van der Waals surface area contributed by atoms with Gasteiger partial charge in [0.25, 0.3) is 6.73 Å². The molecule has 4 rings (SSSR count). The molecule has 0 radical (unpaired) electrons. The monoisotopic (exact) mass is 300 g/mol. The van der Waals surface area contributed by atoms with Crippen molar-refractivity contribution in [2.75, 3.05) is 6.73 Å². The maximum Gasteiger partial charge on any atom is 0.293 e. The van der Waals surface area contributed by atoms with Crippen LogP contribution in [0, 0.1) is 6.92 Å². The van der Waals surface area contributed by atoms with Crippen LogP contribution in [0.2, 0.25) is 0 Å². The second-order valence-electron chi connectivity index (χ2n) is 5.70. The molecular weight excluding hydrogens is 282 g/mol. The molecule has 0 aromatic heterocycles. The van der Waals surface area contributed by atoms with E-state index in [-0.39, 0.29) is 0 Å². The Morgan fingerprint density at radius 1 is 0.783 bits per heavy atom. The fraction of sp³-hybridized carbons (Fsp3) is 0.0952. The van der Waals surface area contributed by atoms with E-state index in [0.717, 1.165) is 17.0 Å². The summed E-state index contributed by atoms with van der Waals surface area (Å²) in [7, 11) is 0. The molecule has 2 heteroatoms. The third kappa shape index (κ3) is 2.42. The van der Waals surface area contributed by atoms with Crippen molar-refractivity contribution in [3.05, 3.63) is 95.6 Å². The Morgan fingerprint density at radius 2 is 1.48 bits per heavy atom. The predicted molar refractivity (Wildman–Crippen MR) is 92.7 cm³/mol. The Kier molecular flexibility index (Phi) is 3.43. The summed E-state index contributed by atoms with van der Waals surface area (Å²) < 4.78 is 8.31. The molecule has 0 atom stereocenters. The molecule has 0 N–H and O–H groups in total. The Labute approximate surface area is 136 Å². The maximum atomic E-state index is 6.08. The molecule has 2 nitrogen and oxygen atoms in total. The summed E-state index contributed by atoms with van der Waals surface area (Å²) in [6, 6.07) is 27.2. The van der Waals surface area contributed by atoms with E-state index in [1.54, 1.807) is 0 Å². The van der Waals surface area contributed by atoms with Crippen molar-refractivity contribution >= 4 is 11.4 Å². The van der Waals surface area contributed by atoms with Crippen molar-refractivity contribution in [1.82, 2.24) is 0 Å². The minimum absolute atomic E-state index is 0.520. The van der Waals surface area contributed by atoms with Gasteiger partial charge < -0.3 is 4.74 Å². The Balaban J connectivity index is 2.02. The Bertz CT molecular complexity index is 867. The van der Waals surface area contributed by atoms with Crippen LogP contribution in [0.4, 0.5) is 5.69 Å². The minimum atomic E-state index is 0.520. The molecular formula is C21H18NO+. The molecule has 0 aliphatic carbocycles. The third-order valence-electron chi connectivity index (χ3n) is 4.19. The largest absolute Gasteiger partial charge is 0.435 e. The van der Waals surface area contributed by atoms with Gasteiger partial charge in [-0.05, 0) is 30.7 Å². The van der Waals surface area contributed by atoms with Crippen LogP contribution < -0.4 is 4.74 Å². The van der Waals surface area contributed by atoms with Crippen LogP contribution in [0.15, 0.2) is 78.9 Å². The van der Waals surface area contributed by atoms with Crippen molar-refractivity contribution in [3.8, 4) is 5.75 Å². The van der Waals surface area contributed by atoms with E-state index in [0.29, 0.717) is 6.73 Å². The fourth-order valence-corrected chi connectivity index (χ4v) is 3.09. The first-order chi connectivity index (χ1) is 11.3. The number of hydrogen-bond acceptors (Lipinski definition) is 1. The molecule has 1 heterocycles. The lowest BCUT2D eigenvalue weighted by Gasteiger charge is -2.20. The van der Waals surface area contributed by atoms with Crippen LogP contribution in [-0.4, -0.2) is 17.0 Å². The molecule has 1 aliphatic rings. The number of para-hydroxylation sites is 2. The van der Waals surface area contributed by atoms with Crippen molar-refractivity contribution in [2.45, 2.75) is 6.92 Å². The highest BCUT2D eigenvalue weighted by atomic mass is 16.5. The SMILES string of the molecule is Cc1cccc2c1OC[N+](c1ccccc1)=C2c1ccccc1. The van der Waals surface area contributed by atoms with E-state index in [2.05, 4.69) is 78.2 Å². The van der Waals surface area contributed by atoms with E-state index in [1.807, 2.05) is 12.1 Å². The molecule has 23 heavy (non-hydrogen) atoms. The maximum absolute atomic E-state index is 6.08. The summed E-state index contributed by atoms with van der Waals surface area (Å²) in [4.78, 5) is 0. The Hall–Kier alpha value is -2.87. The van der Waals surface area contributed by atoms with Gasteiger partial charge in [0, 0.05) is 17.7 Å². The molecule has 112 valence electrons. The van der Waals surface area contributed by atoms with Crippen molar-refractivity contribution in [2.24, 2.45) is 0 Å². The highest BCUT2D eigenvalue weighted by Gasteiger charge is 2.30. The van der Waals surface area contributed by atoms with E-state index in [4.69, 9.17) is 4.74 Å². The van der Waals surface area contributed by atoms with E-state index in [9.17, 15) is 0 Å². The number of rotatable bonds is 2. The van der Waals surface area contributed by atoms with E-state index in [1.165, 1.54) is 16.8 Å². The number of ether oxygens (including phenoxy) is 1. The first-order valence-corrected chi connectivity index (χ1v) is 7.82. The smallest absolute Gasteiger partial charge is 0.293 e. The molecule has 3 aromatic carbocycles. The van der Waals surface area contributed by atoms with Gasteiger partial charge in [-0.3, -0.25) is 0 Å². The molecule has 0 fully saturated rings. The zero-order chi connectivity index (χ0) is 15.6.